The van der Waals surface area contributed by atoms with Gasteiger partial charge in [0.25, 0.3) is 0 Å². The normalized spacial score (nSPS) is 19.1. The van der Waals surface area contributed by atoms with Gasteiger partial charge in [-0.15, -0.1) is 11.3 Å². The van der Waals surface area contributed by atoms with Crippen molar-refractivity contribution in [3.05, 3.63) is 57.6 Å². The van der Waals surface area contributed by atoms with E-state index >= 15 is 0 Å². The fourth-order valence-corrected chi connectivity index (χ4v) is 5.59. The summed E-state index contributed by atoms with van der Waals surface area (Å²) in [4.78, 5) is 22.9. The van der Waals surface area contributed by atoms with Crippen LogP contribution in [0.15, 0.2) is 41.4 Å². The summed E-state index contributed by atoms with van der Waals surface area (Å²) in [7, 11) is 0. The average Bonchev–Trinajstić information content (AvgIpc) is 3.43. The first-order valence-electron chi connectivity index (χ1n) is 10.8. The maximum absolute atomic E-state index is 12.8. The van der Waals surface area contributed by atoms with Crippen LogP contribution in [-0.2, 0) is 19.5 Å². The lowest BCUT2D eigenvalue weighted by Gasteiger charge is -2.35. The van der Waals surface area contributed by atoms with Gasteiger partial charge >= 0.3 is 6.03 Å². The van der Waals surface area contributed by atoms with Crippen LogP contribution in [0.25, 0.3) is 10.9 Å². The molecule has 158 valence electrons. The summed E-state index contributed by atoms with van der Waals surface area (Å²) in [5.74, 6) is 0.978. The Morgan fingerprint density at radius 2 is 2.16 bits per heavy atom. The minimum absolute atomic E-state index is 0.0380. The van der Waals surface area contributed by atoms with Crippen molar-refractivity contribution >= 4 is 39.8 Å². The topological polar surface area (TPSA) is 77.2 Å². The Hall–Kier alpha value is -3.13. The second-order valence-electron chi connectivity index (χ2n) is 8.41. The molecule has 1 aromatic carbocycles. The number of carbonyl (C=O) groups excluding carboxylic acids is 1. The van der Waals surface area contributed by atoms with Crippen LogP contribution in [0, 0.1) is 0 Å². The fourth-order valence-electron chi connectivity index (χ4n) is 4.76. The Kier molecular flexibility index (Phi) is 4.34. The predicted molar refractivity (Wildman–Crippen MR) is 123 cm³/mol. The number of hydrogen-bond acceptors (Lipinski definition) is 5. The van der Waals surface area contributed by atoms with Crippen molar-refractivity contribution < 1.29 is 4.79 Å². The third-order valence-electron chi connectivity index (χ3n) is 6.56. The van der Waals surface area contributed by atoms with Crippen molar-refractivity contribution in [3.63, 3.8) is 0 Å². The van der Waals surface area contributed by atoms with Crippen LogP contribution in [0.1, 0.15) is 35.9 Å². The van der Waals surface area contributed by atoms with Crippen LogP contribution in [0.5, 0.6) is 0 Å². The Morgan fingerprint density at radius 3 is 3.03 bits per heavy atom. The quantitative estimate of drug-likeness (QED) is 0.634. The Labute approximate surface area is 184 Å². The molecule has 6 rings (SSSR count). The molecule has 7 nitrogen and oxygen atoms in total. The molecule has 2 amide bonds. The van der Waals surface area contributed by atoms with Gasteiger partial charge in [-0.2, -0.15) is 5.10 Å². The molecule has 2 aromatic heterocycles. The number of anilines is 2. The van der Waals surface area contributed by atoms with E-state index in [4.69, 9.17) is 0 Å². The van der Waals surface area contributed by atoms with Gasteiger partial charge < -0.3 is 15.1 Å². The third-order valence-corrected chi connectivity index (χ3v) is 7.42. The zero-order valence-electron chi connectivity index (χ0n) is 17.4. The number of nitrogens with one attached hydrogen (secondary N) is 2. The number of rotatable bonds is 3. The summed E-state index contributed by atoms with van der Waals surface area (Å²) >= 11 is 1.72. The van der Waals surface area contributed by atoms with Crippen molar-refractivity contribution in [2.24, 2.45) is 0 Å². The molecule has 2 N–H and O–H groups in total. The number of allylic oxidation sites excluding steroid dienone is 2. The van der Waals surface area contributed by atoms with Crippen LogP contribution < -0.4 is 10.2 Å². The zero-order chi connectivity index (χ0) is 20.9. The van der Waals surface area contributed by atoms with Crippen LogP contribution in [-0.4, -0.2) is 38.7 Å². The second-order valence-corrected chi connectivity index (χ2v) is 9.35. The summed E-state index contributed by atoms with van der Waals surface area (Å²) in [6, 6.07) is 4.20. The van der Waals surface area contributed by atoms with Crippen molar-refractivity contribution in [1.82, 2.24) is 20.1 Å². The highest BCUT2D eigenvalue weighted by Gasteiger charge is 2.30. The van der Waals surface area contributed by atoms with E-state index in [2.05, 4.69) is 56.6 Å². The Balaban J connectivity index is 1.32. The minimum Gasteiger partial charge on any atom is -0.349 e. The molecule has 0 radical (unpaired) electrons. The second kappa shape index (κ2) is 7.23. The standard InChI is InChI=1S/C23H24N6OS/c1-14(15-5-3-2-4-6-15)29-11-16-9-17-20(10-19(16)25-23(29)30)26-27-22(17)28-8-7-18-21(12-28)31-13-24-18/h3,5-6,9-10,13-14H,2,4,7-8,11-12H2,1H3,(H,25,30)(H,26,27). The average molecular weight is 433 g/mol. The van der Waals surface area contributed by atoms with Crippen LogP contribution >= 0.6 is 11.3 Å². The molecule has 0 saturated heterocycles. The van der Waals surface area contributed by atoms with E-state index < -0.39 is 0 Å². The number of urea groups is 1. The zero-order valence-corrected chi connectivity index (χ0v) is 18.2. The lowest BCUT2D eigenvalue weighted by Crippen LogP contribution is -2.44. The van der Waals surface area contributed by atoms with Crippen LogP contribution in [0.2, 0.25) is 0 Å². The molecule has 3 aromatic rings. The summed E-state index contributed by atoms with van der Waals surface area (Å²) in [5.41, 5.74) is 7.30. The van der Waals surface area contributed by atoms with E-state index in [0.29, 0.717) is 6.54 Å². The van der Waals surface area contributed by atoms with Gasteiger partial charge in [0, 0.05) is 28.9 Å². The number of thiazole rings is 1. The molecule has 0 spiro atoms. The molecule has 4 heterocycles. The number of aromatic nitrogens is 3. The van der Waals surface area contributed by atoms with Crippen molar-refractivity contribution in [2.75, 3.05) is 16.8 Å². The van der Waals surface area contributed by atoms with E-state index in [1.165, 1.54) is 16.1 Å². The number of hydrogen-bond donors (Lipinski definition) is 2. The van der Waals surface area contributed by atoms with Gasteiger partial charge in [-0.05, 0) is 43.0 Å². The largest absolute Gasteiger partial charge is 0.349 e. The molecule has 1 unspecified atom stereocenters. The van der Waals surface area contributed by atoms with Gasteiger partial charge in [0.15, 0.2) is 5.82 Å². The van der Waals surface area contributed by atoms with Crippen molar-refractivity contribution in [2.45, 2.75) is 45.3 Å². The number of fused-ring (bicyclic) bond motifs is 3. The number of aromatic amines is 1. The Bertz CT molecular complexity index is 1240. The molecule has 1 aliphatic carbocycles. The first-order chi connectivity index (χ1) is 15.2. The molecule has 8 heteroatoms. The molecular formula is C23H24N6OS. The molecule has 3 aliphatic rings. The number of H-pyrrole nitrogens is 1. The summed E-state index contributed by atoms with van der Waals surface area (Å²) in [6.07, 6.45) is 9.65. The van der Waals surface area contributed by atoms with Gasteiger partial charge in [-0.1, -0.05) is 18.2 Å². The first kappa shape index (κ1) is 18.6. The molecule has 1 atom stereocenters. The van der Waals surface area contributed by atoms with Gasteiger partial charge in [-0.25, -0.2) is 9.78 Å². The third kappa shape index (κ3) is 3.13. The predicted octanol–water partition coefficient (Wildman–Crippen LogP) is 4.59. The smallest absolute Gasteiger partial charge is 0.322 e. The first-order valence-corrected chi connectivity index (χ1v) is 11.7. The molecular weight excluding hydrogens is 408 g/mol. The molecule has 0 fully saturated rings. The van der Waals surface area contributed by atoms with Gasteiger partial charge in [0.1, 0.15) is 0 Å². The minimum atomic E-state index is -0.0484. The highest BCUT2D eigenvalue weighted by molar-refractivity contribution is 7.09. The van der Waals surface area contributed by atoms with Crippen LogP contribution in [0.4, 0.5) is 16.3 Å². The lowest BCUT2D eigenvalue weighted by atomic mass is 9.98. The number of benzene rings is 1. The molecule has 0 bridgehead atoms. The van der Waals surface area contributed by atoms with E-state index in [1.807, 2.05) is 16.5 Å². The van der Waals surface area contributed by atoms with E-state index in [-0.39, 0.29) is 12.1 Å². The molecule has 0 saturated carbocycles. The highest BCUT2D eigenvalue weighted by Crippen LogP contribution is 2.35. The summed E-state index contributed by atoms with van der Waals surface area (Å²) < 4.78 is 0. The van der Waals surface area contributed by atoms with Crippen LogP contribution in [0.3, 0.4) is 0 Å². The lowest BCUT2D eigenvalue weighted by molar-refractivity contribution is 0.195. The molecule has 31 heavy (non-hydrogen) atoms. The van der Waals surface area contributed by atoms with Crippen molar-refractivity contribution in [1.29, 1.82) is 0 Å². The fraction of sp³-hybridized carbons (Fsp3) is 0.348. The van der Waals surface area contributed by atoms with E-state index in [0.717, 1.165) is 60.3 Å². The highest BCUT2D eigenvalue weighted by atomic mass is 32.1. The maximum Gasteiger partial charge on any atom is 0.322 e. The van der Waals surface area contributed by atoms with Gasteiger partial charge in [-0.3, -0.25) is 5.10 Å². The number of carbonyl (C=O) groups is 1. The van der Waals surface area contributed by atoms with E-state index in [9.17, 15) is 4.79 Å². The summed E-state index contributed by atoms with van der Waals surface area (Å²) in [5, 5.41) is 12.0. The van der Waals surface area contributed by atoms with Crippen molar-refractivity contribution in [3.8, 4) is 0 Å². The number of amides is 2. The summed E-state index contributed by atoms with van der Waals surface area (Å²) in [6.45, 7) is 4.45. The monoisotopic (exact) mass is 432 g/mol. The van der Waals surface area contributed by atoms with Gasteiger partial charge in [0.05, 0.1) is 35.9 Å². The van der Waals surface area contributed by atoms with E-state index in [1.54, 1.807) is 11.3 Å². The Morgan fingerprint density at radius 1 is 1.23 bits per heavy atom. The van der Waals surface area contributed by atoms with Gasteiger partial charge in [0.2, 0.25) is 0 Å². The SMILES string of the molecule is CC(C1=CCCC=C1)N1Cc2cc3c(N4CCc5ncsc5C4)n[nH]c3cc2NC1=O. The number of nitrogens with zero attached hydrogens (tertiary/aromatic N) is 4. The molecule has 2 aliphatic heterocycles. The maximum atomic E-state index is 12.8.